The summed E-state index contributed by atoms with van der Waals surface area (Å²) in [6.45, 7) is 3.68. The molecule has 0 atom stereocenters. The molecule has 0 bridgehead atoms. The molecule has 2 heterocycles. The van der Waals surface area contributed by atoms with E-state index in [2.05, 4.69) is 112 Å². The number of piperazine rings is 1. The molecular weight excluding hydrogens is 754 g/mol. The van der Waals surface area contributed by atoms with E-state index >= 15 is 4.39 Å². The van der Waals surface area contributed by atoms with E-state index in [1.807, 2.05) is 12.3 Å². The van der Waals surface area contributed by atoms with Crippen LogP contribution in [0.15, 0.2) is 120 Å². The molecule has 2 aliphatic carbocycles. The van der Waals surface area contributed by atoms with Crippen LogP contribution in [0.3, 0.4) is 0 Å². The maximum Gasteiger partial charge on any atom is 0.231 e. The molecule has 8 aromatic rings. The van der Waals surface area contributed by atoms with Crippen LogP contribution in [0.1, 0.15) is 93.7 Å². The highest BCUT2D eigenvalue weighted by Gasteiger charge is 2.35. The average molecular weight is 808 g/mol. The van der Waals surface area contributed by atoms with Crippen LogP contribution >= 0.6 is 0 Å². The third kappa shape index (κ3) is 6.84. The lowest BCUT2D eigenvalue weighted by atomic mass is 9.84. The number of unbranched alkanes of at least 4 members (excludes halogenated alkanes) is 7. The molecule has 2 fully saturated rings. The second-order valence-electron chi connectivity index (χ2n) is 17.8. The molecule has 3 aliphatic rings. The quantitative estimate of drug-likeness (QED) is 0.0878. The van der Waals surface area contributed by atoms with Crippen molar-refractivity contribution in [2.45, 2.75) is 82.6 Å². The number of aromatic nitrogens is 1. The molecule has 6 heteroatoms. The third-order valence-corrected chi connectivity index (χ3v) is 14.0. The largest absolute Gasteiger partial charge is 0.488 e. The molecular formula is C55H54FN3O2. The summed E-state index contributed by atoms with van der Waals surface area (Å²) >= 11 is 0. The van der Waals surface area contributed by atoms with Gasteiger partial charge in [-0.1, -0.05) is 142 Å². The fourth-order valence-corrected chi connectivity index (χ4v) is 11.0. The summed E-state index contributed by atoms with van der Waals surface area (Å²) in [5, 5.41) is 14.7. The van der Waals surface area contributed by atoms with Gasteiger partial charge in [0.1, 0.15) is 5.82 Å². The van der Waals surface area contributed by atoms with Gasteiger partial charge < -0.3 is 19.5 Å². The first-order chi connectivity index (χ1) is 30.2. The van der Waals surface area contributed by atoms with E-state index in [0.29, 0.717) is 35.4 Å². The summed E-state index contributed by atoms with van der Waals surface area (Å²) in [7, 11) is 0. The Bertz CT molecular complexity index is 2890. The lowest BCUT2D eigenvalue weighted by Gasteiger charge is -2.30. The van der Waals surface area contributed by atoms with E-state index < -0.39 is 0 Å². The Morgan fingerprint density at radius 1 is 0.590 bits per heavy atom. The standard InChI is InChI=1S/C55H54FN3O2/c56-47-33-46-48(34-49(47)58-30-28-57-29-31-58)59(36-26-27-36)35-50(55(46)60)61-32-16-6-4-2-1-3-5-7-25-45-51-41-21-12-8-17-37(41)39-19-10-14-23-43(39)53(51)54-44-24-15-11-20-40(44)38-18-9-13-22-42(38)52(45)54/h8-15,17-24,33-36,45,57H,1-7,16,25-32H2. The van der Waals surface area contributed by atoms with Crippen molar-refractivity contribution in [3.63, 3.8) is 0 Å². The molecule has 1 saturated carbocycles. The Kier molecular flexibility index (Phi) is 10.2. The van der Waals surface area contributed by atoms with Crippen LogP contribution in [0, 0.1) is 5.82 Å². The van der Waals surface area contributed by atoms with Gasteiger partial charge in [-0.2, -0.15) is 0 Å². The van der Waals surface area contributed by atoms with Crippen LogP contribution < -0.4 is 20.4 Å². The number of hydrogen-bond acceptors (Lipinski definition) is 4. The summed E-state index contributed by atoms with van der Waals surface area (Å²) in [5.41, 5.74) is 7.14. The Labute approximate surface area is 357 Å². The van der Waals surface area contributed by atoms with Gasteiger partial charge in [-0.3, -0.25) is 4.79 Å². The van der Waals surface area contributed by atoms with Crippen LogP contribution in [0.2, 0.25) is 0 Å². The van der Waals surface area contributed by atoms with Crippen molar-refractivity contribution in [1.82, 2.24) is 9.88 Å². The summed E-state index contributed by atoms with van der Waals surface area (Å²) in [6, 6.07) is 40.0. The zero-order chi connectivity index (χ0) is 40.9. The van der Waals surface area contributed by atoms with Crippen LogP contribution in [-0.2, 0) is 0 Å². The first kappa shape index (κ1) is 38.2. The van der Waals surface area contributed by atoms with E-state index in [-0.39, 0.29) is 11.2 Å². The van der Waals surface area contributed by atoms with Crippen molar-refractivity contribution in [2.24, 2.45) is 0 Å². The minimum absolute atomic E-state index is 0.203. The van der Waals surface area contributed by atoms with Gasteiger partial charge >= 0.3 is 0 Å². The van der Waals surface area contributed by atoms with Gasteiger partial charge in [-0.25, -0.2) is 4.39 Å². The number of pyridine rings is 1. The Balaban J connectivity index is 0.737. The third-order valence-electron chi connectivity index (χ3n) is 14.0. The second kappa shape index (κ2) is 16.3. The maximum absolute atomic E-state index is 15.4. The Morgan fingerprint density at radius 2 is 1.08 bits per heavy atom. The fraction of sp³-hybridized carbons (Fsp3) is 0.327. The maximum atomic E-state index is 15.4. The first-order valence-electron chi connectivity index (χ1n) is 23.0. The van der Waals surface area contributed by atoms with Gasteiger partial charge in [0, 0.05) is 38.1 Å². The normalized spacial score (nSPS) is 15.4. The lowest BCUT2D eigenvalue weighted by Crippen LogP contribution is -2.43. The SMILES string of the molecule is O=c1c(OCCCCCCCCCCC2c3c(c4ccccc4c4ccccc34)-c3c2c2ccccc2c2ccccc32)cn(C2CC2)c2cc(N3CCNCC3)c(F)cc12. The van der Waals surface area contributed by atoms with Gasteiger partial charge in [0.15, 0.2) is 5.75 Å². The van der Waals surface area contributed by atoms with Gasteiger partial charge in [0.2, 0.25) is 5.43 Å². The van der Waals surface area contributed by atoms with E-state index in [1.54, 1.807) is 0 Å². The molecule has 11 rings (SSSR count). The van der Waals surface area contributed by atoms with E-state index in [9.17, 15) is 4.79 Å². The number of rotatable bonds is 14. The van der Waals surface area contributed by atoms with Crippen molar-refractivity contribution in [1.29, 1.82) is 0 Å². The zero-order valence-electron chi connectivity index (χ0n) is 35.0. The smallest absolute Gasteiger partial charge is 0.231 e. The molecule has 0 amide bonds. The van der Waals surface area contributed by atoms with Crippen LogP contribution in [0.4, 0.5) is 10.1 Å². The topological polar surface area (TPSA) is 46.5 Å². The number of nitrogens with one attached hydrogen (secondary N) is 1. The fourth-order valence-electron chi connectivity index (χ4n) is 11.0. The minimum atomic E-state index is -0.329. The average Bonchev–Trinajstić information content (AvgIpc) is 4.10. The predicted octanol–water partition coefficient (Wildman–Crippen LogP) is 13.2. The molecule has 1 N–H and O–H groups in total. The van der Waals surface area contributed by atoms with Crippen molar-refractivity contribution in [2.75, 3.05) is 37.7 Å². The van der Waals surface area contributed by atoms with Gasteiger partial charge in [0.25, 0.3) is 0 Å². The number of ether oxygens (including phenoxy) is 1. The molecule has 1 aromatic heterocycles. The molecule has 1 aliphatic heterocycles. The molecule has 0 unspecified atom stereocenters. The number of hydrogen-bond donors (Lipinski definition) is 1. The number of halogens is 1. The highest BCUT2D eigenvalue weighted by Crippen LogP contribution is 2.57. The van der Waals surface area contributed by atoms with Crippen molar-refractivity contribution >= 4 is 59.7 Å². The summed E-state index contributed by atoms with van der Waals surface area (Å²) in [4.78, 5) is 15.6. The number of benzene rings is 7. The summed E-state index contributed by atoms with van der Waals surface area (Å²) in [6.07, 6.45) is 14.4. The van der Waals surface area contributed by atoms with Crippen LogP contribution in [-0.4, -0.2) is 37.4 Å². The summed E-state index contributed by atoms with van der Waals surface area (Å²) < 4.78 is 23.7. The first-order valence-corrected chi connectivity index (χ1v) is 23.0. The van der Waals surface area contributed by atoms with Crippen LogP contribution in [0.5, 0.6) is 5.75 Å². The number of fused-ring (bicyclic) bond motifs is 14. The van der Waals surface area contributed by atoms with E-state index in [4.69, 9.17) is 4.74 Å². The predicted molar refractivity (Wildman–Crippen MR) is 252 cm³/mol. The molecule has 7 aromatic carbocycles. The molecule has 308 valence electrons. The molecule has 0 radical (unpaired) electrons. The van der Waals surface area contributed by atoms with Gasteiger partial charge in [-0.05, 0) is 103 Å². The van der Waals surface area contributed by atoms with E-state index in [0.717, 1.165) is 70.2 Å². The van der Waals surface area contributed by atoms with Crippen LogP contribution in [0.25, 0.3) is 65.1 Å². The number of nitrogens with zero attached hydrogens (tertiary/aromatic N) is 2. The summed E-state index contributed by atoms with van der Waals surface area (Å²) in [5.74, 6) is 0.368. The highest BCUT2D eigenvalue weighted by molar-refractivity contribution is 6.25. The zero-order valence-corrected chi connectivity index (χ0v) is 35.0. The Hall–Kier alpha value is -5.72. The lowest BCUT2D eigenvalue weighted by molar-refractivity contribution is 0.299. The molecule has 1 saturated heterocycles. The van der Waals surface area contributed by atoms with Gasteiger partial charge in [0.05, 0.1) is 29.4 Å². The van der Waals surface area contributed by atoms with Crippen molar-refractivity contribution in [3.8, 4) is 16.9 Å². The van der Waals surface area contributed by atoms with Gasteiger partial charge in [-0.15, -0.1) is 0 Å². The molecule has 5 nitrogen and oxygen atoms in total. The van der Waals surface area contributed by atoms with E-state index in [1.165, 1.54) is 104 Å². The molecule has 0 spiro atoms. The van der Waals surface area contributed by atoms with Crippen molar-refractivity contribution in [3.05, 3.63) is 143 Å². The second-order valence-corrected chi connectivity index (χ2v) is 17.8. The minimum Gasteiger partial charge on any atom is -0.488 e. The monoisotopic (exact) mass is 807 g/mol. The van der Waals surface area contributed by atoms with Crippen molar-refractivity contribution < 1.29 is 9.13 Å². The number of anilines is 1. The Morgan fingerprint density at radius 3 is 1.64 bits per heavy atom. The molecule has 61 heavy (non-hydrogen) atoms. The highest BCUT2D eigenvalue weighted by atomic mass is 19.1.